The van der Waals surface area contributed by atoms with Gasteiger partial charge in [-0.1, -0.05) is 12.1 Å². The summed E-state index contributed by atoms with van der Waals surface area (Å²) in [5, 5.41) is 8.69. The molecule has 2 N–H and O–H groups in total. The smallest absolute Gasteiger partial charge is 0.175 e. The Morgan fingerprint density at radius 2 is 1.81 bits per heavy atom. The number of fused-ring (bicyclic) bond motifs is 1. The molecule has 0 radical (unpaired) electrons. The summed E-state index contributed by atoms with van der Waals surface area (Å²) in [7, 11) is 0. The predicted octanol–water partition coefficient (Wildman–Crippen LogP) is 4.18. The number of nitrogens with one attached hydrogen (secondary N) is 2. The zero-order valence-electron chi connectivity index (χ0n) is 11.0. The third-order valence-electron chi connectivity index (χ3n) is 3.03. The van der Waals surface area contributed by atoms with E-state index in [0.29, 0.717) is 5.11 Å². The number of thiocarbonyl (C=S) groups is 1. The van der Waals surface area contributed by atoms with Gasteiger partial charge in [0, 0.05) is 34.5 Å². The minimum Gasteiger partial charge on any atom is -0.332 e. The predicted molar refractivity (Wildman–Crippen MR) is 88.0 cm³/mol. The van der Waals surface area contributed by atoms with Crippen molar-refractivity contribution in [3.8, 4) is 0 Å². The van der Waals surface area contributed by atoms with Crippen molar-refractivity contribution >= 4 is 39.5 Å². The van der Waals surface area contributed by atoms with Crippen molar-refractivity contribution in [3.63, 3.8) is 0 Å². The van der Waals surface area contributed by atoms with Crippen molar-refractivity contribution in [1.29, 1.82) is 0 Å². The average Bonchev–Trinajstić information content (AvgIpc) is 2.50. The Labute approximate surface area is 126 Å². The highest BCUT2D eigenvalue weighted by molar-refractivity contribution is 7.80. The highest BCUT2D eigenvalue weighted by atomic mass is 32.1. The molecule has 0 fully saturated rings. The van der Waals surface area contributed by atoms with Crippen molar-refractivity contribution in [2.24, 2.45) is 0 Å². The summed E-state index contributed by atoms with van der Waals surface area (Å²) in [4.78, 5) is 4.10. The van der Waals surface area contributed by atoms with Crippen molar-refractivity contribution in [2.45, 2.75) is 0 Å². The number of benzene rings is 2. The van der Waals surface area contributed by atoms with Gasteiger partial charge in [0.05, 0.1) is 0 Å². The van der Waals surface area contributed by atoms with Gasteiger partial charge < -0.3 is 10.6 Å². The van der Waals surface area contributed by atoms with E-state index in [4.69, 9.17) is 12.2 Å². The van der Waals surface area contributed by atoms with Gasteiger partial charge in [-0.2, -0.15) is 0 Å². The molecule has 0 saturated heterocycles. The van der Waals surface area contributed by atoms with Crippen LogP contribution in [0.1, 0.15) is 0 Å². The van der Waals surface area contributed by atoms with E-state index in [1.165, 1.54) is 12.1 Å². The quantitative estimate of drug-likeness (QED) is 0.696. The molecule has 3 rings (SSSR count). The Morgan fingerprint density at radius 1 is 1.00 bits per heavy atom. The van der Waals surface area contributed by atoms with Crippen LogP contribution in [0.4, 0.5) is 15.8 Å². The Bertz CT molecular complexity index is 782. The molecule has 3 nitrogen and oxygen atoms in total. The van der Waals surface area contributed by atoms with E-state index in [9.17, 15) is 4.39 Å². The van der Waals surface area contributed by atoms with Gasteiger partial charge in [-0.05, 0) is 48.6 Å². The molecule has 104 valence electrons. The Balaban J connectivity index is 1.79. The van der Waals surface area contributed by atoms with Gasteiger partial charge in [0.1, 0.15) is 5.82 Å². The maximum atomic E-state index is 12.9. The van der Waals surface area contributed by atoms with Crippen LogP contribution in [0.2, 0.25) is 0 Å². The minimum absolute atomic E-state index is 0.277. The van der Waals surface area contributed by atoms with Crippen molar-refractivity contribution < 1.29 is 4.39 Å². The van der Waals surface area contributed by atoms with Gasteiger partial charge >= 0.3 is 0 Å². The van der Waals surface area contributed by atoms with Crippen LogP contribution in [0.3, 0.4) is 0 Å². The third kappa shape index (κ3) is 3.14. The van der Waals surface area contributed by atoms with E-state index in [1.807, 2.05) is 24.3 Å². The molecule has 21 heavy (non-hydrogen) atoms. The highest BCUT2D eigenvalue weighted by Crippen LogP contribution is 2.22. The zero-order chi connectivity index (χ0) is 14.7. The highest BCUT2D eigenvalue weighted by Gasteiger charge is 2.03. The maximum Gasteiger partial charge on any atom is 0.175 e. The second-order valence-corrected chi connectivity index (χ2v) is 4.90. The molecule has 0 bridgehead atoms. The first-order chi connectivity index (χ1) is 10.2. The van der Waals surface area contributed by atoms with Gasteiger partial charge in [-0.25, -0.2) is 4.39 Å². The molecule has 0 atom stereocenters. The van der Waals surface area contributed by atoms with Gasteiger partial charge in [-0.3, -0.25) is 4.98 Å². The van der Waals surface area contributed by atoms with Crippen LogP contribution in [0.15, 0.2) is 60.9 Å². The lowest BCUT2D eigenvalue weighted by molar-refractivity contribution is 0.628. The van der Waals surface area contributed by atoms with Crippen molar-refractivity contribution in [2.75, 3.05) is 10.6 Å². The van der Waals surface area contributed by atoms with Crippen LogP contribution in [-0.4, -0.2) is 10.1 Å². The molecule has 0 aliphatic carbocycles. The van der Waals surface area contributed by atoms with E-state index >= 15 is 0 Å². The van der Waals surface area contributed by atoms with Crippen LogP contribution in [0.5, 0.6) is 0 Å². The number of rotatable bonds is 2. The van der Waals surface area contributed by atoms with Crippen molar-refractivity contribution in [3.05, 3.63) is 66.7 Å². The van der Waals surface area contributed by atoms with Gasteiger partial charge in [-0.15, -0.1) is 0 Å². The van der Waals surface area contributed by atoms with E-state index in [2.05, 4.69) is 15.6 Å². The number of hydrogen-bond donors (Lipinski definition) is 2. The summed E-state index contributed by atoms with van der Waals surface area (Å²) >= 11 is 5.28. The molecular weight excluding hydrogens is 285 g/mol. The first kappa shape index (κ1) is 13.5. The monoisotopic (exact) mass is 297 g/mol. The zero-order valence-corrected chi connectivity index (χ0v) is 11.8. The van der Waals surface area contributed by atoms with E-state index < -0.39 is 0 Å². The van der Waals surface area contributed by atoms with E-state index in [0.717, 1.165) is 22.1 Å². The number of aromatic nitrogens is 1. The topological polar surface area (TPSA) is 37.0 Å². The molecule has 1 heterocycles. The lowest BCUT2D eigenvalue weighted by Crippen LogP contribution is -2.19. The van der Waals surface area contributed by atoms with E-state index in [1.54, 1.807) is 24.5 Å². The molecule has 2 aromatic carbocycles. The lowest BCUT2D eigenvalue weighted by atomic mass is 10.1. The van der Waals surface area contributed by atoms with Gasteiger partial charge in [0.2, 0.25) is 0 Å². The summed E-state index contributed by atoms with van der Waals surface area (Å²) in [6, 6.07) is 13.8. The first-order valence-electron chi connectivity index (χ1n) is 6.39. The minimum atomic E-state index is -0.277. The summed E-state index contributed by atoms with van der Waals surface area (Å²) in [5.74, 6) is -0.277. The molecule has 0 amide bonds. The fraction of sp³-hybridized carbons (Fsp3) is 0. The van der Waals surface area contributed by atoms with E-state index in [-0.39, 0.29) is 5.82 Å². The summed E-state index contributed by atoms with van der Waals surface area (Å²) in [6.07, 6.45) is 3.54. The largest absolute Gasteiger partial charge is 0.332 e. The average molecular weight is 297 g/mol. The van der Waals surface area contributed by atoms with Crippen LogP contribution in [0.25, 0.3) is 10.8 Å². The number of anilines is 2. The number of hydrogen-bond acceptors (Lipinski definition) is 2. The SMILES string of the molecule is Fc1ccc(NC(=S)Nc2cccc3cnccc23)cc1. The standard InChI is InChI=1S/C16H12FN3S/c17-12-4-6-13(7-5-12)19-16(21)20-15-3-1-2-11-10-18-9-8-14(11)15/h1-10H,(H2,19,20,21). The van der Waals surface area contributed by atoms with Crippen molar-refractivity contribution in [1.82, 2.24) is 4.98 Å². The Morgan fingerprint density at radius 3 is 2.62 bits per heavy atom. The summed E-state index contributed by atoms with van der Waals surface area (Å²) in [5.41, 5.74) is 1.63. The molecule has 0 aliphatic heterocycles. The molecule has 0 unspecified atom stereocenters. The molecular formula is C16H12FN3S. The second-order valence-electron chi connectivity index (χ2n) is 4.49. The van der Waals surface area contributed by atoms with Gasteiger partial charge in [0.25, 0.3) is 0 Å². The van der Waals surface area contributed by atoms with Crippen LogP contribution < -0.4 is 10.6 Å². The maximum absolute atomic E-state index is 12.9. The Hall–Kier alpha value is -2.53. The molecule has 0 spiro atoms. The normalized spacial score (nSPS) is 10.3. The summed E-state index contributed by atoms with van der Waals surface area (Å²) < 4.78 is 12.9. The molecule has 1 aromatic heterocycles. The third-order valence-corrected chi connectivity index (χ3v) is 3.24. The number of nitrogens with zero attached hydrogens (tertiary/aromatic N) is 1. The Kier molecular flexibility index (Phi) is 3.75. The van der Waals surface area contributed by atoms with Crippen LogP contribution in [-0.2, 0) is 0 Å². The molecule has 0 aliphatic rings. The number of pyridine rings is 1. The number of halogens is 1. The molecule has 0 saturated carbocycles. The summed E-state index contributed by atoms with van der Waals surface area (Å²) in [6.45, 7) is 0. The fourth-order valence-corrected chi connectivity index (χ4v) is 2.28. The molecule has 3 aromatic rings. The first-order valence-corrected chi connectivity index (χ1v) is 6.79. The van der Waals surface area contributed by atoms with Gasteiger partial charge in [0.15, 0.2) is 5.11 Å². The second kappa shape index (κ2) is 5.85. The molecule has 5 heteroatoms. The lowest BCUT2D eigenvalue weighted by Gasteiger charge is -2.12. The van der Waals surface area contributed by atoms with Crippen LogP contribution in [0, 0.1) is 5.82 Å². The fourth-order valence-electron chi connectivity index (χ4n) is 2.05. The van der Waals surface area contributed by atoms with Crippen LogP contribution >= 0.6 is 12.2 Å².